The summed E-state index contributed by atoms with van der Waals surface area (Å²) in [5.41, 5.74) is 2.69. The molecule has 0 unspecified atom stereocenters. The van der Waals surface area contributed by atoms with Crippen molar-refractivity contribution in [1.29, 1.82) is 0 Å². The summed E-state index contributed by atoms with van der Waals surface area (Å²) in [4.78, 5) is 8.72. The van der Waals surface area contributed by atoms with E-state index in [1.165, 1.54) is 12.3 Å². The van der Waals surface area contributed by atoms with Crippen molar-refractivity contribution in [3.8, 4) is 22.8 Å². The van der Waals surface area contributed by atoms with E-state index in [1.807, 2.05) is 13.1 Å². The molecule has 3 aromatic rings. The van der Waals surface area contributed by atoms with Gasteiger partial charge in [0, 0.05) is 36.1 Å². The fraction of sp³-hybridized carbons (Fsp3) is 0.211. The molecule has 0 spiro atoms. The molecule has 0 N–H and O–H groups in total. The van der Waals surface area contributed by atoms with Crippen LogP contribution in [0.5, 0.6) is 11.5 Å². The van der Waals surface area contributed by atoms with Crippen LogP contribution in [0.25, 0.3) is 11.3 Å². The molecule has 0 amide bonds. The van der Waals surface area contributed by atoms with Crippen molar-refractivity contribution < 1.29 is 13.9 Å². The molecule has 4 heterocycles. The van der Waals surface area contributed by atoms with E-state index in [-0.39, 0.29) is 16.9 Å². The SMILES string of the molecule is Cn1nccc1-c1cc2c(nc1Cl)N=Cc1c(F)ccc3c1[C@@H](CO2)CO3. The quantitative estimate of drug-likeness (QED) is 0.597. The number of rotatable bonds is 1. The molecule has 27 heavy (non-hydrogen) atoms. The molecular formula is C19H14ClFN4O2. The predicted octanol–water partition coefficient (Wildman–Crippen LogP) is 3.89. The van der Waals surface area contributed by atoms with Crippen LogP contribution in [0.2, 0.25) is 5.15 Å². The monoisotopic (exact) mass is 384 g/mol. The first-order valence-corrected chi connectivity index (χ1v) is 8.80. The van der Waals surface area contributed by atoms with Crippen LogP contribution in [0.1, 0.15) is 17.0 Å². The first-order valence-electron chi connectivity index (χ1n) is 8.43. The van der Waals surface area contributed by atoms with Crippen LogP contribution in [0, 0.1) is 5.82 Å². The summed E-state index contributed by atoms with van der Waals surface area (Å²) in [5.74, 6) is 1.02. The van der Waals surface area contributed by atoms with Crippen LogP contribution in [0.3, 0.4) is 0 Å². The van der Waals surface area contributed by atoms with Gasteiger partial charge >= 0.3 is 0 Å². The second kappa shape index (κ2) is 6.06. The third-order valence-electron chi connectivity index (χ3n) is 4.82. The third kappa shape index (κ3) is 2.57. The minimum absolute atomic E-state index is 0.0843. The van der Waals surface area contributed by atoms with Gasteiger partial charge < -0.3 is 9.47 Å². The molecule has 2 aromatic heterocycles. The molecule has 8 heteroatoms. The number of aryl methyl sites for hydroxylation is 1. The Morgan fingerprint density at radius 3 is 2.78 bits per heavy atom. The van der Waals surface area contributed by atoms with E-state index in [9.17, 15) is 4.39 Å². The molecule has 1 atom stereocenters. The number of nitrogens with zero attached hydrogens (tertiary/aromatic N) is 4. The smallest absolute Gasteiger partial charge is 0.196 e. The van der Waals surface area contributed by atoms with Gasteiger partial charge in [-0.05, 0) is 24.3 Å². The van der Waals surface area contributed by atoms with E-state index < -0.39 is 0 Å². The first kappa shape index (κ1) is 16.3. The molecule has 0 saturated heterocycles. The lowest BCUT2D eigenvalue weighted by Gasteiger charge is -2.14. The normalized spacial score (nSPS) is 17.2. The van der Waals surface area contributed by atoms with E-state index in [1.54, 1.807) is 23.0 Å². The van der Waals surface area contributed by atoms with Crippen molar-refractivity contribution in [3.63, 3.8) is 0 Å². The van der Waals surface area contributed by atoms with Crippen LogP contribution in [-0.2, 0) is 7.05 Å². The van der Waals surface area contributed by atoms with Crippen LogP contribution in [-0.4, -0.2) is 34.2 Å². The number of fused-ring (bicyclic) bond motifs is 1. The Bertz CT molecular complexity index is 1100. The van der Waals surface area contributed by atoms with E-state index in [2.05, 4.69) is 15.1 Å². The van der Waals surface area contributed by atoms with E-state index >= 15 is 0 Å². The number of hydrogen-bond donors (Lipinski definition) is 0. The highest BCUT2D eigenvalue weighted by Crippen LogP contribution is 2.41. The lowest BCUT2D eigenvalue weighted by Crippen LogP contribution is -2.13. The Morgan fingerprint density at radius 2 is 2.00 bits per heavy atom. The van der Waals surface area contributed by atoms with Gasteiger partial charge in [-0.25, -0.2) is 14.4 Å². The Balaban J connectivity index is 1.65. The number of hydrogen-bond acceptors (Lipinski definition) is 5. The second-order valence-electron chi connectivity index (χ2n) is 6.44. The maximum absolute atomic E-state index is 14.4. The molecule has 0 saturated carbocycles. The van der Waals surface area contributed by atoms with Crippen molar-refractivity contribution >= 4 is 23.6 Å². The van der Waals surface area contributed by atoms with Gasteiger partial charge in [-0.3, -0.25) is 4.68 Å². The number of benzene rings is 1. The highest BCUT2D eigenvalue weighted by Gasteiger charge is 2.30. The first-order chi connectivity index (χ1) is 13.1. The highest BCUT2D eigenvalue weighted by molar-refractivity contribution is 6.32. The van der Waals surface area contributed by atoms with Crippen molar-refractivity contribution in [2.45, 2.75) is 5.92 Å². The largest absolute Gasteiger partial charge is 0.492 e. The topological polar surface area (TPSA) is 61.5 Å². The van der Waals surface area contributed by atoms with Crippen LogP contribution in [0.15, 0.2) is 35.5 Å². The van der Waals surface area contributed by atoms with E-state index in [0.29, 0.717) is 41.7 Å². The van der Waals surface area contributed by atoms with Gasteiger partial charge in [0.15, 0.2) is 11.6 Å². The number of ether oxygens (including phenoxy) is 2. The van der Waals surface area contributed by atoms with Crippen molar-refractivity contribution in [1.82, 2.24) is 14.8 Å². The molecule has 5 rings (SSSR count). The summed E-state index contributed by atoms with van der Waals surface area (Å²) in [5, 5.41) is 4.44. The molecule has 2 aliphatic heterocycles. The summed E-state index contributed by atoms with van der Waals surface area (Å²) in [6.45, 7) is 0.762. The Kier molecular flexibility index (Phi) is 3.65. The molecule has 0 radical (unpaired) electrons. The van der Waals surface area contributed by atoms with Crippen molar-refractivity contribution in [2.24, 2.45) is 12.0 Å². The summed E-state index contributed by atoms with van der Waals surface area (Å²) in [7, 11) is 1.82. The third-order valence-corrected chi connectivity index (χ3v) is 5.11. The summed E-state index contributed by atoms with van der Waals surface area (Å²) in [6, 6.07) is 6.66. The zero-order valence-electron chi connectivity index (χ0n) is 14.3. The minimum Gasteiger partial charge on any atom is -0.492 e. The van der Waals surface area contributed by atoms with Gasteiger partial charge in [0.05, 0.1) is 24.8 Å². The maximum Gasteiger partial charge on any atom is 0.196 e. The summed E-state index contributed by atoms with van der Waals surface area (Å²) in [6.07, 6.45) is 3.15. The minimum atomic E-state index is -0.353. The molecule has 6 nitrogen and oxygen atoms in total. The summed E-state index contributed by atoms with van der Waals surface area (Å²) < 4.78 is 27.8. The van der Waals surface area contributed by atoms with Crippen LogP contribution >= 0.6 is 11.6 Å². The number of pyridine rings is 1. The van der Waals surface area contributed by atoms with Crippen LogP contribution in [0.4, 0.5) is 10.2 Å². The second-order valence-corrected chi connectivity index (χ2v) is 6.80. The molecule has 2 aliphatic rings. The predicted molar refractivity (Wildman–Crippen MR) is 98.8 cm³/mol. The molecule has 136 valence electrons. The van der Waals surface area contributed by atoms with Gasteiger partial charge in [-0.15, -0.1) is 0 Å². The number of aliphatic imine (C=N–C) groups is 1. The number of aromatic nitrogens is 3. The average molecular weight is 385 g/mol. The van der Waals surface area contributed by atoms with E-state index in [0.717, 1.165) is 11.3 Å². The average Bonchev–Trinajstić information content (AvgIpc) is 3.27. The van der Waals surface area contributed by atoms with E-state index in [4.69, 9.17) is 21.1 Å². The van der Waals surface area contributed by atoms with Gasteiger partial charge in [-0.1, -0.05) is 11.6 Å². The van der Waals surface area contributed by atoms with Gasteiger partial charge in [0.2, 0.25) is 0 Å². The lowest BCUT2D eigenvalue weighted by molar-refractivity contribution is 0.248. The Labute approximate surface area is 159 Å². The fourth-order valence-corrected chi connectivity index (χ4v) is 3.70. The zero-order valence-corrected chi connectivity index (χ0v) is 15.1. The standard InChI is InChI=1S/C19H14ClFN4O2/c1-25-14(4-5-23-25)11-6-16-19(24-18(11)20)22-7-12-13(21)2-3-15-17(12)10(8-26-15)9-27-16/h2-7,10H,8-9H2,1H3/t10-/m1/s1. The van der Waals surface area contributed by atoms with Crippen molar-refractivity contribution in [2.75, 3.05) is 13.2 Å². The van der Waals surface area contributed by atoms with Gasteiger partial charge in [0.25, 0.3) is 0 Å². The van der Waals surface area contributed by atoms with Crippen LogP contribution < -0.4 is 9.47 Å². The van der Waals surface area contributed by atoms with Crippen molar-refractivity contribution in [3.05, 3.63) is 52.6 Å². The summed E-state index contributed by atoms with van der Waals surface area (Å²) >= 11 is 6.38. The van der Waals surface area contributed by atoms with Gasteiger partial charge in [-0.2, -0.15) is 5.10 Å². The Hall–Kier alpha value is -2.93. The maximum atomic E-state index is 14.4. The fourth-order valence-electron chi connectivity index (χ4n) is 3.47. The zero-order chi connectivity index (χ0) is 18.5. The number of halogens is 2. The molecule has 0 aliphatic carbocycles. The Morgan fingerprint density at radius 1 is 1.19 bits per heavy atom. The molecule has 0 fully saturated rings. The van der Waals surface area contributed by atoms with Gasteiger partial charge in [0.1, 0.15) is 16.7 Å². The lowest BCUT2D eigenvalue weighted by atomic mass is 9.96. The molecule has 0 bridgehead atoms. The molecular weight excluding hydrogens is 371 g/mol. The molecule has 1 aromatic carbocycles. The highest BCUT2D eigenvalue weighted by atomic mass is 35.5.